The first-order chi connectivity index (χ1) is 9.69. The SMILES string of the molecule is CCC1CCC(c2ccc3c(C)c(F)ccc3c2)CC1. The number of hydrogen-bond donors (Lipinski definition) is 0. The number of fused-ring (bicyclic) bond motifs is 1. The van der Waals surface area contributed by atoms with Gasteiger partial charge >= 0.3 is 0 Å². The van der Waals surface area contributed by atoms with E-state index < -0.39 is 0 Å². The van der Waals surface area contributed by atoms with Gasteiger partial charge in [-0.3, -0.25) is 0 Å². The zero-order valence-electron chi connectivity index (χ0n) is 12.5. The molecule has 0 atom stereocenters. The molecule has 0 aromatic heterocycles. The zero-order chi connectivity index (χ0) is 14.1. The van der Waals surface area contributed by atoms with Gasteiger partial charge in [-0.2, -0.15) is 0 Å². The quantitative estimate of drug-likeness (QED) is 0.630. The van der Waals surface area contributed by atoms with Crippen molar-refractivity contribution in [1.29, 1.82) is 0 Å². The number of halogens is 1. The largest absolute Gasteiger partial charge is 0.207 e. The number of aryl methyl sites for hydroxylation is 1. The molecule has 1 aliphatic rings. The van der Waals surface area contributed by atoms with Crippen molar-refractivity contribution in [3.63, 3.8) is 0 Å². The van der Waals surface area contributed by atoms with Gasteiger partial charge in [0, 0.05) is 0 Å². The minimum atomic E-state index is -0.103. The summed E-state index contributed by atoms with van der Waals surface area (Å²) in [6, 6.07) is 10.1. The van der Waals surface area contributed by atoms with E-state index in [-0.39, 0.29) is 5.82 Å². The number of hydrogen-bond acceptors (Lipinski definition) is 0. The molecule has 0 bridgehead atoms. The summed E-state index contributed by atoms with van der Waals surface area (Å²) in [7, 11) is 0. The lowest BCUT2D eigenvalue weighted by Gasteiger charge is -2.28. The van der Waals surface area contributed by atoms with Crippen LogP contribution in [0, 0.1) is 18.7 Å². The normalized spacial score (nSPS) is 23.1. The summed E-state index contributed by atoms with van der Waals surface area (Å²) in [5, 5.41) is 2.23. The molecule has 0 nitrogen and oxygen atoms in total. The lowest BCUT2D eigenvalue weighted by molar-refractivity contribution is 0.319. The molecule has 1 aliphatic carbocycles. The first-order valence-corrected chi connectivity index (χ1v) is 7.87. The van der Waals surface area contributed by atoms with E-state index in [2.05, 4.69) is 25.1 Å². The van der Waals surface area contributed by atoms with E-state index in [0.29, 0.717) is 5.92 Å². The van der Waals surface area contributed by atoms with Gasteiger partial charge in [-0.05, 0) is 72.4 Å². The van der Waals surface area contributed by atoms with Crippen LogP contribution in [0.3, 0.4) is 0 Å². The van der Waals surface area contributed by atoms with Crippen molar-refractivity contribution in [1.82, 2.24) is 0 Å². The van der Waals surface area contributed by atoms with Crippen molar-refractivity contribution in [2.24, 2.45) is 5.92 Å². The molecule has 20 heavy (non-hydrogen) atoms. The van der Waals surface area contributed by atoms with Crippen LogP contribution in [-0.4, -0.2) is 0 Å². The van der Waals surface area contributed by atoms with Gasteiger partial charge in [-0.25, -0.2) is 4.39 Å². The van der Waals surface area contributed by atoms with Crippen LogP contribution in [0.5, 0.6) is 0 Å². The molecule has 0 saturated heterocycles. The fourth-order valence-corrected chi connectivity index (χ4v) is 3.64. The van der Waals surface area contributed by atoms with E-state index in [1.807, 2.05) is 13.0 Å². The molecule has 1 heteroatoms. The van der Waals surface area contributed by atoms with Gasteiger partial charge in [0.1, 0.15) is 5.82 Å². The van der Waals surface area contributed by atoms with Crippen LogP contribution in [0.25, 0.3) is 10.8 Å². The molecule has 2 aromatic rings. The third-order valence-electron chi connectivity index (χ3n) is 5.14. The van der Waals surface area contributed by atoms with Gasteiger partial charge in [0.2, 0.25) is 0 Å². The maximum Gasteiger partial charge on any atom is 0.126 e. The van der Waals surface area contributed by atoms with Crippen LogP contribution in [0.2, 0.25) is 0 Å². The van der Waals surface area contributed by atoms with Crippen LogP contribution in [0.4, 0.5) is 4.39 Å². The summed E-state index contributed by atoms with van der Waals surface area (Å²) >= 11 is 0. The maximum atomic E-state index is 13.6. The summed E-state index contributed by atoms with van der Waals surface area (Å²) in [6.07, 6.45) is 6.67. The van der Waals surface area contributed by atoms with Gasteiger partial charge in [-0.15, -0.1) is 0 Å². The molecule has 3 rings (SSSR count). The lowest BCUT2D eigenvalue weighted by atomic mass is 9.77. The fraction of sp³-hybridized carbons (Fsp3) is 0.474. The summed E-state index contributed by atoms with van der Waals surface area (Å²) in [5.41, 5.74) is 2.21. The van der Waals surface area contributed by atoms with E-state index in [1.165, 1.54) is 43.1 Å². The van der Waals surface area contributed by atoms with Crippen molar-refractivity contribution >= 4 is 10.8 Å². The molecule has 0 amide bonds. The predicted octanol–water partition coefficient (Wildman–Crippen LogP) is 5.97. The summed E-state index contributed by atoms with van der Waals surface area (Å²) in [5.74, 6) is 1.53. The van der Waals surface area contributed by atoms with Crippen molar-refractivity contribution in [3.8, 4) is 0 Å². The molecular weight excluding hydrogens is 247 g/mol. The molecule has 1 saturated carbocycles. The Morgan fingerprint density at radius 2 is 1.80 bits per heavy atom. The Morgan fingerprint density at radius 1 is 1.05 bits per heavy atom. The van der Waals surface area contributed by atoms with Gasteiger partial charge in [0.15, 0.2) is 0 Å². The van der Waals surface area contributed by atoms with Crippen LogP contribution < -0.4 is 0 Å². The fourth-order valence-electron chi connectivity index (χ4n) is 3.64. The highest BCUT2D eigenvalue weighted by molar-refractivity contribution is 5.86. The average molecular weight is 270 g/mol. The van der Waals surface area contributed by atoms with Gasteiger partial charge in [0.25, 0.3) is 0 Å². The van der Waals surface area contributed by atoms with Crippen LogP contribution in [-0.2, 0) is 0 Å². The summed E-state index contributed by atoms with van der Waals surface area (Å²) in [4.78, 5) is 0. The van der Waals surface area contributed by atoms with E-state index in [9.17, 15) is 4.39 Å². The van der Waals surface area contributed by atoms with E-state index in [0.717, 1.165) is 16.9 Å². The Morgan fingerprint density at radius 3 is 2.50 bits per heavy atom. The Kier molecular flexibility index (Phi) is 3.78. The van der Waals surface area contributed by atoms with Crippen LogP contribution in [0.1, 0.15) is 56.1 Å². The van der Waals surface area contributed by atoms with Crippen LogP contribution in [0.15, 0.2) is 30.3 Å². The highest BCUT2D eigenvalue weighted by Gasteiger charge is 2.21. The zero-order valence-corrected chi connectivity index (χ0v) is 12.5. The van der Waals surface area contributed by atoms with Gasteiger partial charge in [0.05, 0.1) is 0 Å². The third-order valence-corrected chi connectivity index (χ3v) is 5.14. The first kappa shape index (κ1) is 13.6. The maximum absolute atomic E-state index is 13.6. The Bertz CT molecular complexity index is 606. The van der Waals surface area contributed by atoms with Crippen LogP contribution >= 0.6 is 0 Å². The Hall–Kier alpha value is -1.37. The average Bonchev–Trinajstić information content (AvgIpc) is 2.51. The lowest BCUT2D eigenvalue weighted by Crippen LogP contribution is -2.12. The van der Waals surface area contributed by atoms with Crippen molar-refractivity contribution < 1.29 is 4.39 Å². The molecule has 0 radical (unpaired) electrons. The molecule has 0 aliphatic heterocycles. The Balaban J connectivity index is 1.88. The van der Waals surface area contributed by atoms with Crippen molar-refractivity contribution in [3.05, 3.63) is 47.3 Å². The summed E-state index contributed by atoms with van der Waals surface area (Å²) in [6.45, 7) is 4.17. The van der Waals surface area contributed by atoms with Gasteiger partial charge in [-0.1, -0.05) is 37.6 Å². The minimum absolute atomic E-state index is 0.103. The van der Waals surface area contributed by atoms with E-state index in [1.54, 1.807) is 6.07 Å². The number of rotatable bonds is 2. The van der Waals surface area contributed by atoms with E-state index in [4.69, 9.17) is 0 Å². The second kappa shape index (κ2) is 5.55. The highest BCUT2D eigenvalue weighted by Crippen LogP contribution is 2.38. The molecular formula is C19H23F. The smallest absolute Gasteiger partial charge is 0.126 e. The standard InChI is InChI=1S/C19H23F/c1-3-14-4-6-15(7-5-14)16-8-10-18-13(2)19(20)11-9-17(18)12-16/h8-12,14-15H,3-7H2,1-2H3. The predicted molar refractivity (Wildman–Crippen MR) is 83.6 cm³/mol. The molecule has 1 fully saturated rings. The molecule has 106 valence electrons. The summed E-state index contributed by atoms with van der Waals surface area (Å²) < 4.78 is 13.6. The first-order valence-electron chi connectivity index (χ1n) is 7.87. The molecule has 0 spiro atoms. The number of benzene rings is 2. The molecule has 0 unspecified atom stereocenters. The molecule has 2 aromatic carbocycles. The second-order valence-electron chi connectivity index (χ2n) is 6.28. The van der Waals surface area contributed by atoms with Crippen molar-refractivity contribution in [2.75, 3.05) is 0 Å². The van der Waals surface area contributed by atoms with Crippen molar-refractivity contribution in [2.45, 2.75) is 51.9 Å². The second-order valence-corrected chi connectivity index (χ2v) is 6.28. The highest BCUT2D eigenvalue weighted by atomic mass is 19.1. The topological polar surface area (TPSA) is 0 Å². The Labute approximate surface area is 121 Å². The third kappa shape index (κ3) is 2.46. The van der Waals surface area contributed by atoms with Gasteiger partial charge < -0.3 is 0 Å². The minimum Gasteiger partial charge on any atom is -0.207 e. The molecule has 0 heterocycles. The molecule has 0 N–H and O–H groups in total. The monoisotopic (exact) mass is 270 g/mol. The van der Waals surface area contributed by atoms with E-state index >= 15 is 0 Å².